The molecule has 0 atom stereocenters. The first-order valence-corrected chi connectivity index (χ1v) is 9.31. The van der Waals surface area contributed by atoms with E-state index in [2.05, 4.69) is 20.5 Å². The van der Waals surface area contributed by atoms with Gasteiger partial charge in [0.1, 0.15) is 12.9 Å². The second-order valence-electron chi connectivity index (χ2n) is 5.55. The Morgan fingerprint density at radius 1 is 1.00 bits per heavy atom. The summed E-state index contributed by atoms with van der Waals surface area (Å²) in [5, 5.41) is 11.2. The lowest BCUT2D eigenvalue weighted by Crippen LogP contribution is -2.05. The summed E-state index contributed by atoms with van der Waals surface area (Å²) in [5.41, 5.74) is 1.73. The van der Waals surface area contributed by atoms with Crippen LogP contribution in [0, 0.1) is 0 Å². The van der Waals surface area contributed by atoms with Crippen molar-refractivity contribution < 1.29 is 9.47 Å². The summed E-state index contributed by atoms with van der Waals surface area (Å²) in [6.07, 6.45) is 1.43. The highest BCUT2D eigenvalue weighted by molar-refractivity contribution is 6.42. The summed E-state index contributed by atoms with van der Waals surface area (Å²) in [6.45, 7) is 3.17. The number of halogens is 3. The smallest absolute Gasteiger partial charge is 0.218 e. The van der Waals surface area contributed by atoms with E-state index in [0.29, 0.717) is 52.3 Å². The van der Waals surface area contributed by atoms with Crippen molar-refractivity contribution in [2.45, 2.75) is 20.1 Å². The second-order valence-corrected chi connectivity index (χ2v) is 6.77. The molecule has 27 heavy (non-hydrogen) atoms. The predicted octanol–water partition coefficient (Wildman–Crippen LogP) is 5.35. The number of aromatic nitrogens is 3. The lowest BCUT2D eigenvalue weighted by Gasteiger charge is -2.15. The summed E-state index contributed by atoms with van der Waals surface area (Å²) >= 11 is 18.4. The van der Waals surface area contributed by atoms with Crippen molar-refractivity contribution >= 4 is 40.8 Å². The Hall–Kier alpha value is -2.15. The Bertz CT molecular complexity index is 904. The van der Waals surface area contributed by atoms with Gasteiger partial charge in [0.15, 0.2) is 11.5 Å². The number of H-pyrrole nitrogens is 1. The molecule has 0 fully saturated rings. The van der Waals surface area contributed by atoms with Crippen molar-refractivity contribution in [3.05, 3.63) is 62.9 Å². The number of nitrogens with one attached hydrogen (secondary N) is 2. The first-order chi connectivity index (χ1) is 13.1. The van der Waals surface area contributed by atoms with E-state index in [4.69, 9.17) is 44.3 Å². The molecular weight excluding hydrogens is 411 g/mol. The normalized spacial score (nSPS) is 10.7. The van der Waals surface area contributed by atoms with E-state index in [0.717, 1.165) is 11.1 Å². The molecule has 0 unspecified atom stereocenters. The summed E-state index contributed by atoms with van der Waals surface area (Å²) in [7, 11) is 0. The molecule has 0 aliphatic carbocycles. The molecule has 1 heterocycles. The van der Waals surface area contributed by atoms with Crippen LogP contribution in [0.4, 0.5) is 5.95 Å². The van der Waals surface area contributed by atoms with E-state index in [1.807, 2.05) is 19.1 Å². The molecule has 2 N–H and O–H groups in total. The third-order valence-electron chi connectivity index (χ3n) is 3.65. The third-order valence-corrected chi connectivity index (χ3v) is 4.74. The van der Waals surface area contributed by atoms with Crippen molar-refractivity contribution in [1.82, 2.24) is 15.2 Å². The third kappa shape index (κ3) is 5.19. The van der Waals surface area contributed by atoms with Crippen LogP contribution in [0.5, 0.6) is 11.5 Å². The highest BCUT2D eigenvalue weighted by Gasteiger charge is 2.12. The number of hydrogen-bond donors (Lipinski definition) is 2. The zero-order chi connectivity index (χ0) is 19.2. The minimum absolute atomic E-state index is 0.308. The van der Waals surface area contributed by atoms with Gasteiger partial charge < -0.3 is 14.8 Å². The molecule has 6 nitrogen and oxygen atoms in total. The van der Waals surface area contributed by atoms with Gasteiger partial charge in [0.2, 0.25) is 5.95 Å². The van der Waals surface area contributed by atoms with Gasteiger partial charge in [0.25, 0.3) is 0 Å². The van der Waals surface area contributed by atoms with Gasteiger partial charge in [0.05, 0.1) is 16.7 Å². The molecule has 142 valence electrons. The lowest BCUT2D eigenvalue weighted by atomic mass is 10.2. The van der Waals surface area contributed by atoms with Gasteiger partial charge in [-0.25, -0.2) is 10.1 Å². The molecule has 0 amide bonds. The molecule has 0 bridgehead atoms. The van der Waals surface area contributed by atoms with E-state index in [1.54, 1.807) is 18.2 Å². The first kappa shape index (κ1) is 19.6. The Morgan fingerprint density at radius 3 is 2.52 bits per heavy atom. The Morgan fingerprint density at radius 2 is 1.81 bits per heavy atom. The zero-order valence-corrected chi connectivity index (χ0v) is 16.7. The van der Waals surface area contributed by atoms with Crippen LogP contribution in [0.15, 0.2) is 36.7 Å². The maximum atomic E-state index is 6.41. The number of anilines is 1. The fourth-order valence-corrected chi connectivity index (χ4v) is 2.90. The zero-order valence-electron chi connectivity index (χ0n) is 14.4. The van der Waals surface area contributed by atoms with Crippen LogP contribution >= 0.6 is 34.8 Å². The van der Waals surface area contributed by atoms with E-state index in [-0.39, 0.29) is 0 Å². The van der Waals surface area contributed by atoms with Gasteiger partial charge in [-0.15, -0.1) is 0 Å². The van der Waals surface area contributed by atoms with Gasteiger partial charge in [-0.3, -0.25) is 0 Å². The highest BCUT2D eigenvalue weighted by atomic mass is 35.5. The standard InChI is InChI=1S/C18H17Cl3N4O2/c1-2-26-16-6-12(8-22-18-23-10-24-25-18)14(20)7-17(16)27-9-11-3-4-13(19)15(21)5-11/h3-7,10H,2,8-9H2,1H3,(H2,22,23,24,25). The Kier molecular flexibility index (Phi) is 6.66. The average Bonchev–Trinajstić information content (AvgIpc) is 3.17. The second kappa shape index (κ2) is 9.17. The lowest BCUT2D eigenvalue weighted by molar-refractivity contribution is 0.269. The Labute approximate surface area is 171 Å². The van der Waals surface area contributed by atoms with Gasteiger partial charge >= 0.3 is 0 Å². The molecule has 0 radical (unpaired) electrons. The monoisotopic (exact) mass is 426 g/mol. The molecule has 0 spiro atoms. The highest BCUT2D eigenvalue weighted by Crippen LogP contribution is 2.35. The number of rotatable bonds is 8. The van der Waals surface area contributed by atoms with E-state index < -0.39 is 0 Å². The number of aromatic amines is 1. The average molecular weight is 428 g/mol. The van der Waals surface area contributed by atoms with Crippen LogP contribution in [-0.4, -0.2) is 21.8 Å². The van der Waals surface area contributed by atoms with Crippen molar-refractivity contribution in [3.63, 3.8) is 0 Å². The summed E-state index contributed by atoms with van der Waals surface area (Å²) < 4.78 is 11.6. The van der Waals surface area contributed by atoms with Crippen LogP contribution in [0.25, 0.3) is 0 Å². The maximum Gasteiger partial charge on any atom is 0.218 e. The molecule has 1 aromatic heterocycles. The van der Waals surface area contributed by atoms with Crippen LogP contribution in [0.3, 0.4) is 0 Å². The molecule has 0 aliphatic rings. The van der Waals surface area contributed by atoms with Crippen molar-refractivity contribution in [3.8, 4) is 11.5 Å². The van der Waals surface area contributed by atoms with E-state index >= 15 is 0 Å². The fourth-order valence-electron chi connectivity index (χ4n) is 2.35. The molecule has 3 aromatic rings. The maximum absolute atomic E-state index is 6.41. The molecular formula is C18H17Cl3N4O2. The minimum Gasteiger partial charge on any atom is -0.490 e. The molecule has 2 aromatic carbocycles. The molecule has 0 saturated heterocycles. The molecule has 9 heteroatoms. The largest absolute Gasteiger partial charge is 0.490 e. The predicted molar refractivity (Wildman–Crippen MR) is 107 cm³/mol. The number of nitrogens with zero attached hydrogens (tertiary/aromatic N) is 2. The van der Waals surface area contributed by atoms with Gasteiger partial charge in [-0.1, -0.05) is 40.9 Å². The molecule has 0 saturated carbocycles. The summed E-state index contributed by atoms with van der Waals surface area (Å²) in [6, 6.07) is 8.94. The van der Waals surface area contributed by atoms with Gasteiger partial charge in [0, 0.05) is 17.6 Å². The van der Waals surface area contributed by atoms with Crippen LogP contribution < -0.4 is 14.8 Å². The molecule has 0 aliphatic heterocycles. The van der Waals surface area contributed by atoms with Crippen LogP contribution in [0.1, 0.15) is 18.1 Å². The van der Waals surface area contributed by atoms with Crippen LogP contribution in [0.2, 0.25) is 15.1 Å². The summed E-state index contributed by atoms with van der Waals surface area (Å²) in [4.78, 5) is 4.02. The number of ether oxygens (including phenoxy) is 2. The SMILES string of the molecule is CCOc1cc(CNc2ncn[nH]2)c(Cl)cc1OCc1ccc(Cl)c(Cl)c1. The van der Waals surface area contributed by atoms with Crippen molar-refractivity contribution in [1.29, 1.82) is 0 Å². The van der Waals surface area contributed by atoms with E-state index in [1.165, 1.54) is 6.33 Å². The molecule has 3 rings (SSSR count). The first-order valence-electron chi connectivity index (χ1n) is 8.18. The van der Waals surface area contributed by atoms with Gasteiger partial charge in [-0.2, -0.15) is 5.10 Å². The van der Waals surface area contributed by atoms with Crippen molar-refractivity contribution in [2.24, 2.45) is 0 Å². The Balaban J connectivity index is 1.75. The van der Waals surface area contributed by atoms with Crippen LogP contribution in [-0.2, 0) is 13.2 Å². The summed E-state index contributed by atoms with van der Waals surface area (Å²) in [5.74, 6) is 1.72. The number of hydrogen-bond acceptors (Lipinski definition) is 5. The minimum atomic E-state index is 0.308. The van der Waals surface area contributed by atoms with Crippen molar-refractivity contribution in [2.75, 3.05) is 11.9 Å². The topological polar surface area (TPSA) is 72.1 Å². The van der Waals surface area contributed by atoms with Gasteiger partial charge in [-0.05, 0) is 36.2 Å². The quantitative estimate of drug-likeness (QED) is 0.506. The van der Waals surface area contributed by atoms with E-state index in [9.17, 15) is 0 Å². The number of benzene rings is 2. The fraction of sp³-hybridized carbons (Fsp3) is 0.222.